The second kappa shape index (κ2) is 5.37. The molecular weight excluding hydrogens is 264 g/mol. The van der Waals surface area contributed by atoms with Crippen molar-refractivity contribution in [3.05, 3.63) is 42.5 Å². The van der Waals surface area contributed by atoms with Crippen LogP contribution in [-0.4, -0.2) is 26.0 Å². The van der Waals surface area contributed by atoms with Gasteiger partial charge in [0.15, 0.2) is 0 Å². The van der Waals surface area contributed by atoms with Gasteiger partial charge in [0.05, 0.1) is 0 Å². The van der Waals surface area contributed by atoms with Crippen molar-refractivity contribution in [3.8, 4) is 0 Å². The Morgan fingerprint density at radius 1 is 1.42 bits per heavy atom. The molecule has 0 aliphatic rings. The first-order chi connectivity index (χ1) is 5.88. The molecule has 0 unspecified atom stereocenters. The number of aliphatic hydroxyl groups excluding tert-OH is 1. The van der Waals surface area contributed by atoms with Gasteiger partial charge in [-0.25, -0.2) is 0 Å². The van der Waals surface area contributed by atoms with Crippen LogP contribution in [0.2, 0.25) is 4.47 Å². The molecule has 0 atom stereocenters. The van der Waals surface area contributed by atoms with E-state index >= 15 is 0 Å². The minimum absolute atomic E-state index is 0.152. The van der Waals surface area contributed by atoms with Crippen molar-refractivity contribution >= 4 is 24.5 Å². The summed E-state index contributed by atoms with van der Waals surface area (Å²) >= 11 is -0.152. The molecule has 1 rings (SSSR count). The molecule has 1 nitrogen and oxygen atoms in total. The molecule has 0 heterocycles. The summed E-state index contributed by atoms with van der Waals surface area (Å²) in [5, 5.41) is 9.01. The van der Waals surface area contributed by atoms with E-state index in [9.17, 15) is 0 Å². The van der Waals surface area contributed by atoms with Crippen LogP contribution in [0.3, 0.4) is 0 Å². The van der Waals surface area contributed by atoms with E-state index in [0.29, 0.717) is 0 Å². The maximum atomic E-state index is 9.01. The summed E-state index contributed by atoms with van der Waals surface area (Å²) in [6.45, 7) is 3.87. The predicted molar refractivity (Wildman–Crippen MR) is 52.8 cm³/mol. The van der Waals surface area contributed by atoms with Crippen molar-refractivity contribution in [2.75, 3.05) is 0 Å². The predicted octanol–water partition coefficient (Wildman–Crippen LogP) is 1.11. The van der Waals surface area contributed by atoms with Gasteiger partial charge in [0.2, 0.25) is 0 Å². The Bertz CT molecular complexity index is 258. The average Bonchev–Trinajstić information content (AvgIpc) is 2.15. The van der Waals surface area contributed by atoms with Gasteiger partial charge >= 0.3 is 83.2 Å². The summed E-state index contributed by atoms with van der Waals surface area (Å²) in [6.07, 6.45) is 1.95. The molecule has 2 heteroatoms. The molecule has 64 valence electrons. The van der Waals surface area contributed by atoms with Crippen LogP contribution < -0.4 is 3.61 Å². The zero-order valence-electron chi connectivity index (χ0n) is 6.86. The summed E-state index contributed by atoms with van der Waals surface area (Å²) in [4.78, 5) is 0. The van der Waals surface area contributed by atoms with Crippen LogP contribution in [0, 0.1) is 0 Å². The molecule has 0 radical (unpaired) electrons. The van der Waals surface area contributed by atoms with Crippen molar-refractivity contribution in [3.63, 3.8) is 0 Å². The fourth-order valence-corrected chi connectivity index (χ4v) is 3.18. The van der Waals surface area contributed by atoms with Crippen LogP contribution in [0.5, 0.6) is 0 Å². The SMILES string of the molecule is C=CC[Te]c1ccccc1CO. The van der Waals surface area contributed by atoms with Crippen LogP contribution in [-0.2, 0) is 6.61 Å². The average molecular weight is 276 g/mol. The molecule has 1 aromatic carbocycles. The van der Waals surface area contributed by atoms with E-state index in [0.717, 1.165) is 10.0 Å². The molecule has 0 fully saturated rings. The van der Waals surface area contributed by atoms with E-state index in [-0.39, 0.29) is 27.5 Å². The van der Waals surface area contributed by atoms with Crippen LogP contribution in [0.25, 0.3) is 0 Å². The molecule has 0 saturated carbocycles. The van der Waals surface area contributed by atoms with Gasteiger partial charge in [0.25, 0.3) is 0 Å². The monoisotopic (exact) mass is 278 g/mol. The summed E-state index contributed by atoms with van der Waals surface area (Å²) in [5.41, 5.74) is 1.08. The van der Waals surface area contributed by atoms with Gasteiger partial charge in [0, 0.05) is 0 Å². The minimum atomic E-state index is -0.152. The molecule has 0 bridgehead atoms. The Morgan fingerprint density at radius 3 is 2.83 bits per heavy atom. The van der Waals surface area contributed by atoms with Gasteiger partial charge in [-0.05, 0) is 0 Å². The van der Waals surface area contributed by atoms with Crippen molar-refractivity contribution < 1.29 is 5.11 Å². The molecular formula is C10H12OTe. The van der Waals surface area contributed by atoms with Crippen molar-refractivity contribution in [2.45, 2.75) is 11.1 Å². The Kier molecular flexibility index (Phi) is 4.38. The second-order valence-electron chi connectivity index (χ2n) is 2.37. The van der Waals surface area contributed by atoms with Crippen molar-refractivity contribution in [1.29, 1.82) is 0 Å². The van der Waals surface area contributed by atoms with Gasteiger partial charge in [-0.15, -0.1) is 0 Å². The number of allylic oxidation sites excluding steroid dienone is 1. The van der Waals surface area contributed by atoms with E-state index in [1.54, 1.807) is 0 Å². The molecule has 0 aromatic heterocycles. The zero-order chi connectivity index (χ0) is 8.81. The third kappa shape index (κ3) is 2.64. The molecule has 0 aliphatic carbocycles. The van der Waals surface area contributed by atoms with Crippen LogP contribution >= 0.6 is 0 Å². The number of hydrogen-bond donors (Lipinski definition) is 1. The van der Waals surface area contributed by atoms with Gasteiger partial charge in [-0.2, -0.15) is 0 Å². The normalized spacial score (nSPS) is 9.75. The van der Waals surface area contributed by atoms with E-state index < -0.39 is 0 Å². The summed E-state index contributed by atoms with van der Waals surface area (Å²) < 4.78 is 2.45. The van der Waals surface area contributed by atoms with E-state index in [1.165, 1.54) is 3.61 Å². The molecule has 1 aromatic rings. The molecule has 0 aliphatic heterocycles. The Labute approximate surface area is 83.2 Å². The summed E-state index contributed by atoms with van der Waals surface area (Å²) in [6, 6.07) is 8.10. The van der Waals surface area contributed by atoms with E-state index in [4.69, 9.17) is 5.11 Å². The number of benzene rings is 1. The standard InChI is InChI=1S/C10H12OTe/c1-2-7-12-10-6-4-3-5-9(10)8-11/h2-6,11H,1,7-8H2. The van der Waals surface area contributed by atoms with Gasteiger partial charge < -0.3 is 0 Å². The topological polar surface area (TPSA) is 20.2 Å². The van der Waals surface area contributed by atoms with Gasteiger partial charge in [0.1, 0.15) is 0 Å². The zero-order valence-corrected chi connectivity index (χ0v) is 9.19. The third-order valence-electron chi connectivity index (χ3n) is 1.50. The molecule has 0 amide bonds. The van der Waals surface area contributed by atoms with E-state index in [1.807, 2.05) is 24.3 Å². The molecule has 0 spiro atoms. The number of aliphatic hydroxyl groups is 1. The molecule has 1 N–H and O–H groups in total. The first-order valence-corrected chi connectivity index (χ1v) is 6.62. The summed E-state index contributed by atoms with van der Waals surface area (Å²) in [5.74, 6) is 0. The van der Waals surface area contributed by atoms with Crippen LogP contribution in [0.15, 0.2) is 36.9 Å². The first kappa shape index (κ1) is 9.80. The maximum absolute atomic E-state index is 9.01. The third-order valence-corrected chi connectivity index (χ3v) is 4.67. The van der Waals surface area contributed by atoms with Crippen LogP contribution in [0.4, 0.5) is 0 Å². The molecule has 12 heavy (non-hydrogen) atoms. The fraction of sp³-hybridized carbons (Fsp3) is 0.200. The van der Waals surface area contributed by atoms with Crippen molar-refractivity contribution in [1.82, 2.24) is 0 Å². The Balaban J connectivity index is 2.74. The second-order valence-corrected chi connectivity index (χ2v) is 5.40. The molecule has 0 saturated heterocycles. The van der Waals surface area contributed by atoms with Crippen molar-refractivity contribution in [2.24, 2.45) is 0 Å². The Hall–Kier alpha value is -0.290. The van der Waals surface area contributed by atoms with E-state index in [2.05, 4.69) is 12.6 Å². The number of rotatable bonds is 4. The quantitative estimate of drug-likeness (QED) is 0.645. The van der Waals surface area contributed by atoms with Gasteiger partial charge in [-0.1, -0.05) is 0 Å². The first-order valence-electron chi connectivity index (χ1n) is 3.81. The van der Waals surface area contributed by atoms with Gasteiger partial charge in [-0.3, -0.25) is 0 Å². The van der Waals surface area contributed by atoms with Crippen LogP contribution in [0.1, 0.15) is 5.56 Å². The fourth-order valence-electron chi connectivity index (χ4n) is 0.924. The Morgan fingerprint density at radius 2 is 2.17 bits per heavy atom. The number of hydrogen-bond acceptors (Lipinski definition) is 1. The summed E-state index contributed by atoms with van der Waals surface area (Å²) in [7, 11) is 0.